The first kappa shape index (κ1) is 22.2. The van der Waals surface area contributed by atoms with Crippen LogP contribution in [0.4, 0.5) is 4.79 Å². The Morgan fingerprint density at radius 3 is 2.65 bits per heavy atom. The van der Waals surface area contributed by atoms with Crippen LogP contribution in [0.3, 0.4) is 0 Å². The fraction of sp³-hybridized carbons (Fsp3) is 0.318. The summed E-state index contributed by atoms with van der Waals surface area (Å²) >= 11 is 0. The number of methoxy groups -OCH3 is 1. The summed E-state index contributed by atoms with van der Waals surface area (Å²) in [4.78, 5) is 39.7. The lowest BCUT2D eigenvalue weighted by Crippen LogP contribution is -2.57. The molecule has 3 atom stereocenters. The van der Waals surface area contributed by atoms with Gasteiger partial charge in [-0.15, -0.1) is 0 Å². The van der Waals surface area contributed by atoms with Crippen molar-refractivity contribution < 1.29 is 32.3 Å². The monoisotopic (exact) mass is 486 g/mol. The van der Waals surface area contributed by atoms with Crippen molar-refractivity contribution in [2.45, 2.75) is 25.1 Å². The van der Waals surface area contributed by atoms with E-state index in [0.717, 1.165) is 5.56 Å². The van der Waals surface area contributed by atoms with Gasteiger partial charge in [-0.05, 0) is 42.3 Å². The number of sulfonamides is 1. The molecule has 11 nitrogen and oxygen atoms in total. The Morgan fingerprint density at radius 1 is 1.24 bits per heavy atom. The summed E-state index contributed by atoms with van der Waals surface area (Å²) in [6, 6.07) is 4.43. The predicted molar refractivity (Wildman–Crippen MR) is 119 cm³/mol. The van der Waals surface area contributed by atoms with E-state index >= 15 is 0 Å². The van der Waals surface area contributed by atoms with Gasteiger partial charge in [0, 0.05) is 18.0 Å². The number of carbonyl (C=O) groups excluding carboxylic acids is 3. The van der Waals surface area contributed by atoms with E-state index < -0.39 is 33.6 Å². The van der Waals surface area contributed by atoms with Crippen LogP contribution in [0.5, 0.6) is 5.75 Å². The first-order valence-electron chi connectivity index (χ1n) is 10.4. The molecule has 1 aromatic rings. The van der Waals surface area contributed by atoms with E-state index in [1.807, 2.05) is 0 Å². The molecule has 1 fully saturated rings. The van der Waals surface area contributed by atoms with Crippen LogP contribution >= 0.6 is 0 Å². The second-order valence-electron chi connectivity index (χ2n) is 8.61. The number of allylic oxidation sites excluding steroid dienone is 1. The van der Waals surface area contributed by atoms with Crippen molar-refractivity contribution in [2.24, 2.45) is 11.1 Å². The molecule has 1 aromatic carbocycles. The van der Waals surface area contributed by atoms with Gasteiger partial charge in [-0.3, -0.25) is 14.9 Å². The number of nitrogens with one attached hydrogen (secondary N) is 2. The Bertz CT molecular complexity index is 1350. The van der Waals surface area contributed by atoms with Crippen molar-refractivity contribution in [1.82, 2.24) is 15.5 Å². The number of carbonyl (C=O) groups is 3. The van der Waals surface area contributed by atoms with Crippen LogP contribution in [0.25, 0.3) is 0 Å². The third-order valence-corrected chi connectivity index (χ3v) is 7.50. The van der Waals surface area contributed by atoms with Gasteiger partial charge in [0.05, 0.1) is 18.6 Å². The van der Waals surface area contributed by atoms with Crippen LogP contribution in [0, 0.1) is 5.92 Å². The number of fused-ring (bicyclic) bond motifs is 2. The molecule has 178 valence electrons. The standard InChI is InChI=1S/C22H22N4O7S/c1-11-5-13-6-18(33-16(13)8-17(11)34(23,30)31)22(20(28)24-21(29)25-22)10-26-9-12-3-4-14(32-2)7-15(12)19(26)27/h3-8,13,16H,9-10H2,1-2H3,(H2,23,30,31)(H2,24,25,28,29)/t13?,16?,22-/m0/s1. The van der Waals surface area contributed by atoms with E-state index in [4.69, 9.17) is 14.6 Å². The van der Waals surface area contributed by atoms with Gasteiger partial charge in [-0.1, -0.05) is 12.1 Å². The van der Waals surface area contributed by atoms with E-state index in [9.17, 15) is 22.8 Å². The topological polar surface area (TPSA) is 157 Å². The van der Waals surface area contributed by atoms with Gasteiger partial charge in [-0.2, -0.15) is 0 Å². The van der Waals surface area contributed by atoms with Crippen LogP contribution in [0.2, 0.25) is 0 Å². The number of benzene rings is 1. The molecule has 0 radical (unpaired) electrons. The van der Waals surface area contributed by atoms with Gasteiger partial charge in [0.2, 0.25) is 10.0 Å². The number of hydrogen-bond donors (Lipinski definition) is 3. The predicted octanol–water partition coefficient (Wildman–Crippen LogP) is 0.260. The summed E-state index contributed by atoms with van der Waals surface area (Å²) < 4.78 is 35.0. The van der Waals surface area contributed by atoms with Gasteiger partial charge < -0.3 is 19.7 Å². The number of nitrogens with two attached hydrogens (primary N) is 1. The highest BCUT2D eigenvalue weighted by Gasteiger charge is 2.55. The number of amides is 4. The normalized spacial score (nSPS) is 27.8. The Kier molecular flexibility index (Phi) is 4.85. The van der Waals surface area contributed by atoms with E-state index in [2.05, 4.69) is 10.6 Å². The maximum absolute atomic E-state index is 13.1. The van der Waals surface area contributed by atoms with Gasteiger partial charge in [-0.25, -0.2) is 18.4 Å². The third kappa shape index (κ3) is 3.37. The zero-order valence-electron chi connectivity index (χ0n) is 18.3. The molecule has 0 aromatic heterocycles. The van der Waals surface area contributed by atoms with E-state index in [-0.39, 0.29) is 35.6 Å². The maximum atomic E-state index is 13.1. The number of hydrogen-bond acceptors (Lipinski definition) is 7. The summed E-state index contributed by atoms with van der Waals surface area (Å²) in [5.74, 6) is -0.701. The second kappa shape index (κ2) is 7.43. The lowest BCUT2D eigenvalue weighted by atomic mass is 9.91. The van der Waals surface area contributed by atoms with Crippen molar-refractivity contribution in [3.63, 3.8) is 0 Å². The fourth-order valence-electron chi connectivity index (χ4n) is 4.77. The highest BCUT2D eigenvalue weighted by Crippen LogP contribution is 2.40. The maximum Gasteiger partial charge on any atom is 0.322 e. The van der Waals surface area contributed by atoms with Gasteiger partial charge >= 0.3 is 6.03 Å². The molecule has 34 heavy (non-hydrogen) atoms. The van der Waals surface area contributed by atoms with Crippen molar-refractivity contribution in [3.05, 3.63) is 63.8 Å². The Balaban J connectivity index is 1.48. The molecule has 4 amide bonds. The van der Waals surface area contributed by atoms with E-state index in [1.165, 1.54) is 18.1 Å². The Labute approximate surface area is 195 Å². The molecule has 2 unspecified atom stereocenters. The number of primary sulfonamides is 1. The fourth-order valence-corrected chi connectivity index (χ4v) is 5.61. The van der Waals surface area contributed by atoms with E-state index in [1.54, 1.807) is 37.3 Å². The molecular weight excluding hydrogens is 464 g/mol. The minimum Gasteiger partial charge on any atom is -0.497 e. The summed E-state index contributed by atoms with van der Waals surface area (Å²) in [5, 5.41) is 10.2. The molecule has 0 saturated carbocycles. The van der Waals surface area contributed by atoms with Gasteiger partial charge in [0.1, 0.15) is 17.6 Å². The minimum atomic E-state index is -3.97. The average Bonchev–Trinajstić information content (AvgIpc) is 3.40. The quantitative estimate of drug-likeness (QED) is 0.504. The van der Waals surface area contributed by atoms with Crippen LogP contribution < -0.4 is 20.5 Å². The molecule has 1 aliphatic carbocycles. The van der Waals surface area contributed by atoms with Crippen LogP contribution in [-0.4, -0.2) is 56.5 Å². The smallest absolute Gasteiger partial charge is 0.322 e. The van der Waals surface area contributed by atoms with Crippen molar-refractivity contribution in [2.75, 3.05) is 13.7 Å². The molecule has 4 N–H and O–H groups in total. The molecular formula is C22H22N4O7S. The number of rotatable bonds is 5. The van der Waals surface area contributed by atoms with Crippen LogP contribution in [0.1, 0.15) is 22.8 Å². The lowest BCUT2D eigenvalue weighted by molar-refractivity contribution is -0.124. The molecule has 12 heteroatoms. The number of urea groups is 1. The molecule has 0 spiro atoms. The van der Waals surface area contributed by atoms with Gasteiger partial charge in [0.25, 0.3) is 11.8 Å². The highest BCUT2D eigenvalue weighted by atomic mass is 32.2. The SMILES string of the molecule is COc1ccc2c(c1)C(=O)N(C[C@@]1(C3=CC4C=C(C)C(S(N)(=O)=O)=CC4O3)NC(=O)NC1=O)C2. The van der Waals surface area contributed by atoms with Crippen molar-refractivity contribution in [3.8, 4) is 5.75 Å². The zero-order chi connectivity index (χ0) is 24.4. The average molecular weight is 487 g/mol. The van der Waals surface area contributed by atoms with Crippen LogP contribution in [-0.2, 0) is 26.1 Å². The highest BCUT2D eigenvalue weighted by molar-refractivity contribution is 7.93. The summed E-state index contributed by atoms with van der Waals surface area (Å²) in [7, 11) is -2.47. The van der Waals surface area contributed by atoms with Gasteiger partial charge in [0.15, 0.2) is 5.54 Å². The number of imide groups is 1. The third-order valence-electron chi connectivity index (χ3n) is 6.43. The molecule has 0 bridgehead atoms. The molecule has 5 rings (SSSR count). The first-order chi connectivity index (χ1) is 16.0. The lowest BCUT2D eigenvalue weighted by Gasteiger charge is -2.32. The summed E-state index contributed by atoms with van der Waals surface area (Å²) in [5.41, 5.74) is -0.000482. The van der Waals surface area contributed by atoms with Crippen LogP contribution in [0.15, 0.2) is 52.7 Å². The van der Waals surface area contributed by atoms with E-state index in [0.29, 0.717) is 16.9 Å². The van der Waals surface area contributed by atoms with Crippen molar-refractivity contribution in [1.29, 1.82) is 0 Å². The van der Waals surface area contributed by atoms with Crippen molar-refractivity contribution >= 4 is 27.9 Å². The zero-order valence-corrected chi connectivity index (χ0v) is 19.1. The summed E-state index contributed by atoms with van der Waals surface area (Å²) in [6.45, 7) is 1.67. The first-order valence-corrected chi connectivity index (χ1v) is 12.0. The summed E-state index contributed by atoms with van der Waals surface area (Å²) in [6.07, 6.45) is 4.00. The second-order valence-corrected chi connectivity index (χ2v) is 10.1. The molecule has 3 heterocycles. The number of nitrogens with zero attached hydrogens (tertiary/aromatic N) is 1. The molecule has 1 saturated heterocycles. The molecule has 3 aliphatic heterocycles. The largest absolute Gasteiger partial charge is 0.497 e. The Hall–Kier alpha value is -3.64. The Morgan fingerprint density at radius 2 is 2.00 bits per heavy atom. The number of ether oxygens (including phenoxy) is 2. The molecule has 4 aliphatic rings. The minimum absolute atomic E-state index is 0.0588.